The molecule has 1 aromatic heterocycles. The molecule has 1 saturated heterocycles. The lowest BCUT2D eigenvalue weighted by atomic mass is 10.1. The second kappa shape index (κ2) is 5.48. The van der Waals surface area contributed by atoms with E-state index in [1.54, 1.807) is 17.3 Å². The van der Waals surface area contributed by atoms with Gasteiger partial charge in [-0.2, -0.15) is 0 Å². The van der Waals surface area contributed by atoms with E-state index in [0.717, 1.165) is 5.56 Å². The van der Waals surface area contributed by atoms with E-state index in [2.05, 4.69) is 15.0 Å². The van der Waals surface area contributed by atoms with Crippen LogP contribution in [0.3, 0.4) is 0 Å². The van der Waals surface area contributed by atoms with E-state index in [1.165, 1.54) is 7.11 Å². The maximum absolute atomic E-state index is 11.7. The highest BCUT2D eigenvalue weighted by Gasteiger charge is 2.29. The molecule has 1 aliphatic heterocycles. The molecule has 0 bridgehead atoms. The minimum absolute atomic E-state index is 0.0434. The van der Waals surface area contributed by atoms with E-state index >= 15 is 0 Å². The molecule has 1 fully saturated rings. The Morgan fingerprint density at radius 2 is 2.28 bits per heavy atom. The summed E-state index contributed by atoms with van der Waals surface area (Å²) >= 11 is 0. The first-order valence-corrected chi connectivity index (χ1v) is 5.73. The number of hydrogen-bond donors (Lipinski definition) is 1. The number of carbonyl (C=O) groups excluding carboxylic acids is 2. The van der Waals surface area contributed by atoms with Crippen LogP contribution in [0.2, 0.25) is 0 Å². The Bertz CT molecular complexity index is 435. The van der Waals surface area contributed by atoms with Gasteiger partial charge in [-0.15, -0.1) is 0 Å². The van der Waals surface area contributed by atoms with Gasteiger partial charge in [0.25, 0.3) is 0 Å². The van der Waals surface area contributed by atoms with E-state index < -0.39 is 0 Å². The zero-order chi connectivity index (χ0) is 13.0. The summed E-state index contributed by atoms with van der Waals surface area (Å²) in [5.74, 6) is -0.310. The van der Waals surface area contributed by atoms with Gasteiger partial charge in [0, 0.05) is 25.5 Å². The number of hydrogen-bond acceptors (Lipinski definition) is 4. The molecule has 1 atom stereocenters. The molecule has 6 heteroatoms. The topological polar surface area (TPSA) is 71.5 Å². The third-order valence-electron chi connectivity index (χ3n) is 2.91. The van der Waals surface area contributed by atoms with Gasteiger partial charge < -0.3 is 15.0 Å². The maximum Gasteiger partial charge on any atom is 0.318 e. The van der Waals surface area contributed by atoms with Crippen LogP contribution in [-0.4, -0.2) is 42.1 Å². The highest BCUT2D eigenvalue weighted by atomic mass is 16.5. The predicted octanol–water partition coefficient (Wildman–Crippen LogP) is 0.711. The monoisotopic (exact) mass is 249 g/mol. The standard InChI is InChI=1S/C12H15N3O3/c1-18-11(16)4-7-15-8-10(14-12(15)17)9-2-5-13-6-3-9/h2-3,5-6,10H,4,7-8H2,1H3,(H,14,17). The average molecular weight is 249 g/mol. The normalized spacial score (nSPS) is 18.6. The Hall–Kier alpha value is -2.11. The zero-order valence-electron chi connectivity index (χ0n) is 10.1. The van der Waals surface area contributed by atoms with Crippen LogP contribution in [0, 0.1) is 0 Å². The zero-order valence-corrected chi connectivity index (χ0v) is 10.1. The van der Waals surface area contributed by atoms with Gasteiger partial charge in [-0.25, -0.2) is 4.79 Å². The molecule has 6 nitrogen and oxygen atoms in total. The quantitative estimate of drug-likeness (QED) is 0.798. The van der Waals surface area contributed by atoms with E-state index in [1.807, 2.05) is 12.1 Å². The molecule has 18 heavy (non-hydrogen) atoms. The fourth-order valence-electron chi connectivity index (χ4n) is 1.89. The first kappa shape index (κ1) is 12.3. The van der Waals surface area contributed by atoms with Gasteiger partial charge in [-0.05, 0) is 17.7 Å². The van der Waals surface area contributed by atoms with Gasteiger partial charge in [0.1, 0.15) is 0 Å². The van der Waals surface area contributed by atoms with Crippen LogP contribution in [-0.2, 0) is 9.53 Å². The molecule has 2 heterocycles. The molecule has 1 unspecified atom stereocenters. The summed E-state index contributed by atoms with van der Waals surface area (Å²) in [6, 6.07) is 3.54. The van der Waals surface area contributed by atoms with Crippen LogP contribution >= 0.6 is 0 Å². The third-order valence-corrected chi connectivity index (χ3v) is 2.91. The van der Waals surface area contributed by atoms with Gasteiger partial charge >= 0.3 is 12.0 Å². The van der Waals surface area contributed by atoms with Gasteiger partial charge in [0.15, 0.2) is 0 Å². The summed E-state index contributed by atoms with van der Waals surface area (Å²) in [5, 5.41) is 2.87. The number of rotatable bonds is 4. The van der Waals surface area contributed by atoms with Gasteiger partial charge in [-0.3, -0.25) is 9.78 Å². The van der Waals surface area contributed by atoms with E-state index in [4.69, 9.17) is 0 Å². The summed E-state index contributed by atoms with van der Waals surface area (Å²) in [6.45, 7) is 0.930. The van der Waals surface area contributed by atoms with Crippen molar-refractivity contribution in [3.8, 4) is 0 Å². The summed E-state index contributed by atoms with van der Waals surface area (Å²) in [5.41, 5.74) is 1.01. The van der Waals surface area contributed by atoms with Crippen molar-refractivity contribution in [3.05, 3.63) is 30.1 Å². The lowest BCUT2D eigenvalue weighted by Crippen LogP contribution is -2.30. The van der Waals surface area contributed by atoms with Crippen molar-refractivity contribution < 1.29 is 14.3 Å². The molecule has 2 amide bonds. The SMILES string of the molecule is COC(=O)CCN1CC(c2ccncc2)NC1=O. The summed E-state index contributed by atoms with van der Waals surface area (Å²) < 4.78 is 4.55. The summed E-state index contributed by atoms with van der Waals surface area (Å²) in [4.78, 5) is 28.3. The lowest BCUT2D eigenvalue weighted by molar-refractivity contribution is -0.140. The maximum atomic E-state index is 11.7. The second-order valence-electron chi connectivity index (χ2n) is 4.05. The van der Waals surface area contributed by atoms with Crippen molar-refractivity contribution in [2.24, 2.45) is 0 Å². The predicted molar refractivity (Wildman–Crippen MR) is 63.7 cm³/mol. The van der Waals surface area contributed by atoms with Gasteiger partial charge in [-0.1, -0.05) is 0 Å². The van der Waals surface area contributed by atoms with Crippen LogP contribution in [0.1, 0.15) is 18.0 Å². The third kappa shape index (κ3) is 2.77. The molecule has 1 aliphatic rings. The fraction of sp³-hybridized carbons (Fsp3) is 0.417. The second-order valence-corrected chi connectivity index (χ2v) is 4.05. The Morgan fingerprint density at radius 3 is 2.94 bits per heavy atom. The Balaban J connectivity index is 1.93. The smallest absolute Gasteiger partial charge is 0.318 e. The summed E-state index contributed by atoms with van der Waals surface area (Å²) in [7, 11) is 1.34. The molecular formula is C12H15N3O3. The molecule has 1 N–H and O–H groups in total. The Labute approximate surface area is 105 Å². The molecule has 0 aliphatic carbocycles. The lowest BCUT2D eigenvalue weighted by Gasteiger charge is -2.13. The van der Waals surface area contributed by atoms with Crippen molar-refractivity contribution >= 4 is 12.0 Å². The fourth-order valence-corrected chi connectivity index (χ4v) is 1.89. The van der Waals surface area contributed by atoms with E-state index in [-0.39, 0.29) is 24.5 Å². The number of methoxy groups -OCH3 is 1. The van der Waals surface area contributed by atoms with Crippen LogP contribution in [0.4, 0.5) is 4.79 Å². The number of nitrogens with one attached hydrogen (secondary N) is 1. The van der Waals surface area contributed by atoms with Crippen molar-refractivity contribution in [1.29, 1.82) is 0 Å². The number of ether oxygens (including phenoxy) is 1. The minimum atomic E-state index is -0.310. The molecular weight excluding hydrogens is 234 g/mol. The first-order valence-electron chi connectivity index (χ1n) is 5.73. The number of pyridine rings is 1. The molecule has 0 saturated carbocycles. The largest absolute Gasteiger partial charge is 0.469 e. The molecule has 96 valence electrons. The van der Waals surface area contributed by atoms with Crippen molar-refractivity contribution in [3.63, 3.8) is 0 Å². The van der Waals surface area contributed by atoms with E-state index in [0.29, 0.717) is 13.1 Å². The van der Waals surface area contributed by atoms with Crippen molar-refractivity contribution in [2.75, 3.05) is 20.2 Å². The highest BCUT2D eigenvalue weighted by Crippen LogP contribution is 2.19. The number of nitrogens with zero attached hydrogens (tertiary/aromatic N) is 2. The van der Waals surface area contributed by atoms with Crippen LogP contribution in [0.5, 0.6) is 0 Å². The Morgan fingerprint density at radius 1 is 1.56 bits per heavy atom. The van der Waals surface area contributed by atoms with Gasteiger partial charge in [0.05, 0.1) is 19.6 Å². The number of esters is 1. The molecule has 0 radical (unpaired) electrons. The van der Waals surface area contributed by atoms with Crippen molar-refractivity contribution in [2.45, 2.75) is 12.5 Å². The van der Waals surface area contributed by atoms with Crippen LogP contribution < -0.4 is 5.32 Å². The number of aromatic nitrogens is 1. The molecule has 2 rings (SSSR count). The van der Waals surface area contributed by atoms with Gasteiger partial charge in [0.2, 0.25) is 0 Å². The number of amides is 2. The average Bonchev–Trinajstić information content (AvgIpc) is 2.78. The minimum Gasteiger partial charge on any atom is -0.469 e. The molecule has 0 spiro atoms. The summed E-state index contributed by atoms with van der Waals surface area (Å²) in [6.07, 6.45) is 3.60. The van der Waals surface area contributed by atoms with E-state index in [9.17, 15) is 9.59 Å². The molecule has 1 aromatic rings. The highest BCUT2D eigenvalue weighted by molar-refractivity contribution is 5.78. The van der Waals surface area contributed by atoms with Crippen molar-refractivity contribution in [1.82, 2.24) is 15.2 Å². The molecule has 0 aromatic carbocycles. The number of urea groups is 1. The number of carbonyl (C=O) groups is 2. The Kier molecular flexibility index (Phi) is 3.76. The first-order chi connectivity index (χ1) is 8.70. The van der Waals surface area contributed by atoms with Crippen LogP contribution in [0.25, 0.3) is 0 Å². The van der Waals surface area contributed by atoms with Crippen LogP contribution in [0.15, 0.2) is 24.5 Å².